The first-order valence-corrected chi connectivity index (χ1v) is 6.33. The second-order valence-electron chi connectivity index (χ2n) is 3.93. The fourth-order valence-electron chi connectivity index (χ4n) is 1.79. The average Bonchev–Trinajstić information content (AvgIpc) is 2.92. The summed E-state index contributed by atoms with van der Waals surface area (Å²) in [5, 5.41) is 17.8. The SMILES string of the molecule is Nc1ccc(NCc2nn[nH]n2)c2ncc(Br)cc12. The number of anilines is 2. The predicted molar refractivity (Wildman–Crippen MR) is 75.4 cm³/mol. The Bertz CT molecular complexity index is 710. The second-order valence-corrected chi connectivity index (χ2v) is 4.85. The van der Waals surface area contributed by atoms with Gasteiger partial charge in [0.2, 0.25) is 0 Å². The topological polar surface area (TPSA) is 105 Å². The number of hydrogen-bond donors (Lipinski definition) is 3. The van der Waals surface area contributed by atoms with Crippen molar-refractivity contribution in [2.24, 2.45) is 0 Å². The highest BCUT2D eigenvalue weighted by molar-refractivity contribution is 9.10. The first-order chi connectivity index (χ1) is 9.24. The summed E-state index contributed by atoms with van der Waals surface area (Å²) >= 11 is 3.39. The van der Waals surface area contributed by atoms with Crippen molar-refractivity contribution in [1.82, 2.24) is 25.6 Å². The first kappa shape index (κ1) is 11.8. The van der Waals surface area contributed by atoms with Crippen LogP contribution in [0.15, 0.2) is 28.9 Å². The van der Waals surface area contributed by atoms with Gasteiger partial charge in [0.1, 0.15) is 0 Å². The number of aromatic amines is 1. The standard InChI is InChI=1S/C11H10BrN7/c12-6-3-7-8(13)1-2-9(11(7)15-4-6)14-5-10-16-18-19-17-10/h1-4,14H,5,13H2,(H,16,17,18,19). The zero-order chi connectivity index (χ0) is 13.2. The van der Waals surface area contributed by atoms with E-state index in [1.165, 1.54) is 0 Å². The molecule has 1 aromatic carbocycles. The number of H-pyrrole nitrogens is 1. The van der Waals surface area contributed by atoms with Gasteiger partial charge in [-0.2, -0.15) is 5.21 Å². The van der Waals surface area contributed by atoms with Gasteiger partial charge in [0.15, 0.2) is 5.82 Å². The molecule has 0 saturated heterocycles. The lowest BCUT2D eigenvalue weighted by molar-refractivity contribution is 0.881. The van der Waals surface area contributed by atoms with E-state index >= 15 is 0 Å². The molecule has 2 aromatic heterocycles. The summed E-state index contributed by atoms with van der Waals surface area (Å²) in [4.78, 5) is 4.39. The molecule has 0 fully saturated rings. The van der Waals surface area contributed by atoms with Crippen molar-refractivity contribution in [3.63, 3.8) is 0 Å². The Balaban J connectivity index is 1.97. The molecule has 7 nitrogen and oxygen atoms in total. The quantitative estimate of drug-likeness (QED) is 0.634. The maximum absolute atomic E-state index is 5.96. The third kappa shape index (κ3) is 2.34. The zero-order valence-corrected chi connectivity index (χ0v) is 11.3. The van der Waals surface area contributed by atoms with Crippen LogP contribution in [0.4, 0.5) is 11.4 Å². The van der Waals surface area contributed by atoms with Crippen LogP contribution in [0.25, 0.3) is 10.9 Å². The maximum Gasteiger partial charge on any atom is 0.193 e. The first-order valence-electron chi connectivity index (χ1n) is 5.54. The molecule has 0 unspecified atom stereocenters. The van der Waals surface area contributed by atoms with Gasteiger partial charge in [-0.1, -0.05) is 5.21 Å². The van der Waals surface area contributed by atoms with Crippen molar-refractivity contribution in [1.29, 1.82) is 0 Å². The minimum atomic E-state index is 0.466. The monoisotopic (exact) mass is 319 g/mol. The number of nitrogens with two attached hydrogens (primary N) is 1. The van der Waals surface area contributed by atoms with Crippen molar-refractivity contribution >= 4 is 38.2 Å². The highest BCUT2D eigenvalue weighted by Crippen LogP contribution is 2.28. The minimum absolute atomic E-state index is 0.466. The molecule has 0 saturated carbocycles. The van der Waals surface area contributed by atoms with Gasteiger partial charge in [0.25, 0.3) is 0 Å². The van der Waals surface area contributed by atoms with Crippen LogP contribution in [-0.2, 0) is 6.54 Å². The summed E-state index contributed by atoms with van der Waals surface area (Å²) in [5.41, 5.74) is 8.33. The Kier molecular flexibility index (Phi) is 3.00. The number of nitrogen functional groups attached to an aromatic ring is 1. The van der Waals surface area contributed by atoms with Crippen molar-refractivity contribution in [3.05, 3.63) is 34.7 Å². The van der Waals surface area contributed by atoms with E-state index in [2.05, 4.69) is 46.9 Å². The van der Waals surface area contributed by atoms with Crippen LogP contribution in [0.1, 0.15) is 5.82 Å². The molecule has 3 aromatic rings. The van der Waals surface area contributed by atoms with Crippen molar-refractivity contribution in [2.45, 2.75) is 6.54 Å². The fourth-order valence-corrected chi connectivity index (χ4v) is 2.12. The average molecular weight is 320 g/mol. The molecule has 0 radical (unpaired) electrons. The molecule has 4 N–H and O–H groups in total. The zero-order valence-electron chi connectivity index (χ0n) is 9.76. The van der Waals surface area contributed by atoms with Gasteiger partial charge < -0.3 is 11.1 Å². The molecule has 2 heterocycles. The van der Waals surface area contributed by atoms with E-state index < -0.39 is 0 Å². The number of hydrogen-bond acceptors (Lipinski definition) is 6. The summed E-state index contributed by atoms with van der Waals surface area (Å²) in [6.45, 7) is 0.466. The van der Waals surface area contributed by atoms with E-state index in [0.29, 0.717) is 18.1 Å². The second kappa shape index (κ2) is 4.81. The lowest BCUT2D eigenvalue weighted by Crippen LogP contribution is -2.03. The molecule has 19 heavy (non-hydrogen) atoms. The highest BCUT2D eigenvalue weighted by atomic mass is 79.9. The molecule has 0 atom stereocenters. The van der Waals surface area contributed by atoms with Crippen LogP contribution in [0.2, 0.25) is 0 Å². The number of tetrazole rings is 1. The Labute approximate surface area is 116 Å². The Hall–Kier alpha value is -2.22. The van der Waals surface area contributed by atoms with Crippen LogP contribution in [-0.4, -0.2) is 25.6 Å². The number of fused-ring (bicyclic) bond motifs is 1. The van der Waals surface area contributed by atoms with Gasteiger partial charge in [-0.05, 0) is 34.1 Å². The number of nitrogens with one attached hydrogen (secondary N) is 2. The van der Waals surface area contributed by atoms with Crippen molar-refractivity contribution < 1.29 is 0 Å². The smallest absolute Gasteiger partial charge is 0.193 e. The molecule has 0 aliphatic carbocycles. The summed E-state index contributed by atoms with van der Waals surface area (Å²) in [6.07, 6.45) is 1.74. The van der Waals surface area contributed by atoms with Crippen LogP contribution < -0.4 is 11.1 Å². The van der Waals surface area contributed by atoms with Gasteiger partial charge in [-0.3, -0.25) is 4.98 Å². The van der Waals surface area contributed by atoms with E-state index in [0.717, 1.165) is 21.1 Å². The lowest BCUT2D eigenvalue weighted by Gasteiger charge is -2.09. The van der Waals surface area contributed by atoms with Gasteiger partial charge in [0.05, 0.1) is 17.7 Å². The highest BCUT2D eigenvalue weighted by Gasteiger charge is 2.07. The summed E-state index contributed by atoms with van der Waals surface area (Å²) in [6, 6.07) is 5.67. The Morgan fingerprint density at radius 3 is 3.05 bits per heavy atom. The minimum Gasteiger partial charge on any atom is -0.398 e. The number of nitrogens with zero attached hydrogens (tertiary/aromatic N) is 4. The van der Waals surface area contributed by atoms with Crippen LogP contribution >= 0.6 is 15.9 Å². The van der Waals surface area contributed by atoms with E-state index in [4.69, 9.17) is 5.73 Å². The molecule has 8 heteroatoms. The summed E-state index contributed by atoms with van der Waals surface area (Å²) in [5.74, 6) is 0.585. The number of pyridine rings is 1. The molecular formula is C11H10BrN7. The predicted octanol–water partition coefficient (Wildman–Crippen LogP) is 1.70. The fraction of sp³-hybridized carbons (Fsp3) is 0.0909. The molecular weight excluding hydrogens is 310 g/mol. The Morgan fingerprint density at radius 1 is 1.37 bits per heavy atom. The molecule has 3 rings (SSSR count). The van der Waals surface area contributed by atoms with Crippen molar-refractivity contribution in [2.75, 3.05) is 11.1 Å². The normalized spacial score (nSPS) is 10.8. The molecule has 0 bridgehead atoms. The molecule has 0 aliphatic heterocycles. The van der Waals surface area contributed by atoms with Gasteiger partial charge in [0, 0.05) is 21.7 Å². The van der Waals surface area contributed by atoms with Crippen LogP contribution in [0.5, 0.6) is 0 Å². The maximum atomic E-state index is 5.96. The van der Waals surface area contributed by atoms with Gasteiger partial charge >= 0.3 is 0 Å². The molecule has 0 amide bonds. The number of halogens is 1. The summed E-state index contributed by atoms with van der Waals surface area (Å²) < 4.78 is 0.891. The van der Waals surface area contributed by atoms with Gasteiger partial charge in [-0.15, -0.1) is 10.2 Å². The van der Waals surface area contributed by atoms with Gasteiger partial charge in [-0.25, -0.2) is 0 Å². The van der Waals surface area contributed by atoms with Crippen LogP contribution in [0.3, 0.4) is 0 Å². The van der Waals surface area contributed by atoms with E-state index in [1.54, 1.807) is 6.20 Å². The van der Waals surface area contributed by atoms with Crippen LogP contribution in [0, 0.1) is 0 Å². The van der Waals surface area contributed by atoms with E-state index in [-0.39, 0.29) is 0 Å². The number of benzene rings is 1. The summed E-state index contributed by atoms with van der Waals surface area (Å²) in [7, 11) is 0. The molecule has 0 spiro atoms. The largest absolute Gasteiger partial charge is 0.398 e. The number of rotatable bonds is 3. The third-order valence-electron chi connectivity index (χ3n) is 2.68. The van der Waals surface area contributed by atoms with E-state index in [1.807, 2.05) is 18.2 Å². The molecule has 96 valence electrons. The number of aromatic nitrogens is 5. The van der Waals surface area contributed by atoms with E-state index in [9.17, 15) is 0 Å². The Morgan fingerprint density at radius 2 is 2.26 bits per heavy atom. The third-order valence-corrected chi connectivity index (χ3v) is 3.11. The van der Waals surface area contributed by atoms with Crippen molar-refractivity contribution in [3.8, 4) is 0 Å². The molecule has 0 aliphatic rings. The lowest BCUT2D eigenvalue weighted by atomic mass is 10.1.